The third-order valence-corrected chi connectivity index (χ3v) is 4.25. The monoisotopic (exact) mass is 235 g/mol. The van der Waals surface area contributed by atoms with Crippen molar-refractivity contribution >= 4 is 0 Å². The van der Waals surface area contributed by atoms with Crippen molar-refractivity contribution in [2.75, 3.05) is 0 Å². The highest BCUT2D eigenvalue weighted by Gasteiger charge is 2.29. The van der Waals surface area contributed by atoms with Crippen molar-refractivity contribution in [3.05, 3.63) is 11.7 Å². The van der Waals surface area contributed by atoms with Crippen molar-refractivity contribution in [2.45, 2.75) is 69.2 Å². The first-order valence-corrected chi connectivity index (χ1v) is 6.92. The number of nitrogens with zero attached hydrogens (tertiary/aromatic N) is 2. The molecule has 2 saturated carbocycles. The molecule has 0 saturated heterocycles. The summed E-state index contributed by atoms with van der Waals surface area (Å²) >= 11 is 0. The molecule has 4 nitrogen and oxygen atoms in total. The molecule has 2 unspecified atom stereocenters. The Morgan fingerprint density at radius 1 is 1.00 bits per heavy atom. The highest BCUT2D eigenvalue weighted by molar-refractivity contribution is 5.02. The molecule has 3 rings (SSSR count). The molecule has 0 bridgehead atoms. The van der Waals surface area contributed by atoms with Gasteiger partial charge in [0.15, 0.2) is 5.82 Å². The van der Waals surface area contributed by atoms with Gasteiger partial charge >= 0.3 is 0 Å². The number of nitrogens with two attached hydrogens (primary N) is 1. The molecule has 1 aromatic heterocycles. The van der Waals surface area contributed by atoms with Crippen LogP contribution in [0.25, 0.3) is 0 Å². The van der Waals surface area contributed by atoms with Crippen LogP contribution in [0.3, 0.4) is 0 Å². The quantitative estimate of drug-likeness (QED) is 0.856. The van der Waals surface area contributed by atoms with Crippen LogP contribution in [0.4, 0.5) is 0 Å². The van der Waals surface area contributed by atoms with Crippen molar-refractivity contribution in [3.8, 4) is 0 Å². The van der Waals surface area contributed by atoms with Crippen molar-refractivity contribution < 1.29 is 4.52 Å². The van der Waals surface area contributed by atoms with E-state index in [4.69, 9.17) is 10.3 Å². The van der Waals surface area contributed by atoms with Gasteiger partial charge in [-0.1, -0.05) is 24.4 Å². The van der Waals surface area contributed by atoms with Gasteiger partial charge in [-0.2, -0.15) is 4.98 Å². The topological polar surface area (TPSA) is 64.9 Å². The van der Waals surface area contributed by atoms with Crippen molar-refractivity contribution in [1.82, 2.24) is 10.1 Å². The summed E-state index contributed by atoms with van der Waals surface area (Å²) in [6, 6.07) is 0.324. The van der Waals surface area contributed by atoms with E-state index in [1.807, 2.05) is 0 Å². The SMILES string of the molecule is NC1CCC(c2nc(C3CCCCC3)no2)C1. The molecule has 0 spiro atoms. The molecule has 1 heterocycles. The second-order valence-electron chi connectivity index (χ2n) is 5.60. The van der Waals surface area contributed by atoms with Gasteiger partial charge in [-0.05, 0) is 32.1 Å². The lowest BCUT2D eigenvalue weighted by atomic mass is 9.89. The largest absolute Gasteiger partial charge is 0.339 e. The normalized spacial score (nSPS) is 30.9. The molecule has 2 atom stereocenters. The van der Waals surface area contributed by atoms with Crippen LogP contribution in [-0.2, 0) is 0 Å². The summed E-state index contributed by atoms with van der Waals surface area (Å²) in [5, 5.41) is 4.18. The van der Waals surface area contributed by atoms with Crippen molar-refractivity contribution in [2.24, 2.45) is 5.73 Å². The van der Waals surface area contributed by atoms with Crippen LogP contribution >= 0.6 is 0 Å². The smallest absolute Gasteiger partial charge is 0.229 e. The average Bonchev–Trinajstić information content (AvgIpc) is 2.98. The molecular weight excluding hydrogens is 214 g/mol. The van der Waals surface area contributed by atoms with Crippen LogP contribution < -0.4 is 5.73 Å². The van der Waals surface area contributed by atoms with Crippen molar-refractivity contribution in [1.29, 1.82) is 0 Å². The lowest BCUT2D eigenvalue weighted by Crippen LogP contribution is -2.14. The molecule has 94 valence electrons. The van der Waals surface area contributed by atoms with Gasteiger partial charge in [-0.15, -0.1) is 0 Å². The zero-order valence-electron chi connectivity index (χ0n) is 10.3. The average molecular weight is 235 g/mol. The molecule has 2 aliphatic carbocycles. The minimum atomic E-state index is 0.324. The molecule has 0 amide bonds. The predicted molar refractivity (Wildman–Crippen MR) is 64.7 cm³/mol. The van der Waals surface area contributed by atoms with E-state index in [2.05, 4.69) is 10.1 Å². The summed E-state index contributed by atoms with van der Waals surface area (Å²) in [4.78, 5) is 4.62. The van der Waals surface area contributed by atoms with Crippen LogP contribution in [0.15, 0.2) is 4.52 Å². The number of rotatable bonds is 2. The molecule has 17 heavy (non-hydrogen) atoms. The van der Waals surface area contributed by atoms with E-state index in [-0.39, 0.29) is 0 Å². The second-order valence-corrected chi connectivity index (χ2v) is 5.60. The lowest BCUT2D eigenvalue weighted by molar-refractivity contribution is 0.340. The maximum atomic E-state index is 5.92. The lowest BCUT2D eigenvalue weighted by Gasteiger charge is -2.17. The van der Waals surface area contributed by atoms with E-state index in [0.29, 0.717) is 17.9 Å². The fraction of sp³-hybridized carbons (Fsp3) is 0.846. The molecule has 1 aromatic rings. The van der Waals surface area contributed by atoms with E-state index < -0.39 is 0 Å². The fourth-order valence-electron chi connectivity index (χ4n) is 3.18. The molecule has 4 heteroatoms. The highest BCUT2D eigenvalue weighted by atomic mass is 16.5. The first-order valence-electron chi connectivity index (χ1n) is 6.92. The Hall–Kier alpha value is -0.900. The van der Waals surface area contributed by atoms with Gasteiger partial charge in [0.05, 0.1) is 0 Å². The van der Waals surface area contributed by atoms with Gasteiger partial charge in [-0.3, -0.25) is 0 Å². The molecule has 2 aliphatic rings. The van der Waals surface area contributed by atoms with Gasteiger partial charge < -0.3 is 10.3 Å². The van der Waals surface area contributed by atoms with Gasteiger partial charge in [0.1, 0.15) is 0 Å². The highest BCUT2D eigenvalue weighted by Crippen LogP contribution is 2.35. The standard InChI is InChI=1S/C13H21N3O/c14-11-7-6-10(8-11)13-15-12(16-17-13)9-4-2-1-3-5-9/h9-11H,1-8,14H2. The van der Waals surface area contributed by atoms with Gasteiger partial charge in [0.25, 0.3) is 0 Å². The fourth-order valence-corrected chi connectivity index (χ4v) is 3.18. The zero-order chi connectivity index (χ0) is 11.7. The Labute approximate surface area is 102 Å². The number of hydrogen-bond donors (Lipinski definition) is 1. The molecular formula is C13H21N3O. The van der Waals surface area contributed by atoms with Gasteiger partial charge in [0.2, 0.25) is 5.89 Å². The van der Waals surface area contributed by atoms with Crippen LogP contribution in [0.5, 0.6) is 0 Å². The minimum Gasteiger partial charge on any atom is -0.339 e. The van der Waals surface area contributed by atoms with Crippen LogP contribution in [0, 0.1) is 0 Å². The van der Waals surface area contributed by atoms with E-state index in [1.165, 1.54) is 32.1 Å². The first kappa shape index (κ1) is 11.2. The summed E-state index contributed by atoms with van der Waals surface area (Å²) < 4.78 is 5.43. The number of aromatic nitrogens is 2. The zero-order valence-corrected chi connectivity index (χ0v) is 10.3. The van der Waals surface area contributed by atoms with Crippen molar-refractivity contribution in [3.63, 3.8) is 0 Å². The third kappa shape index (κ3) is 2.37. The van der Waals surface area contributed by atoms with Crippen LogP contribution in [-0.4, -0.2) is 16.2 Å². The summed E-state index contributed by atoms with van der Waals surface area (Å²) in [6.45, 7) is 0. The van der Waals surface area contributed by atoms with E-state index in [9.17, 15) is 0 Å². The maximum absolute atomic E-state index is 5.92. The summed E-state index contributed by atoms with van der Waals surface area (Å²) in [7, 11) is 0. The predicted octanol–water partition coefficient (Wildman–Crippen LogP) is 2.71. The first-order chi connectivity index (χ1) is 8.33. The Morgan fingerprint density at radius 3 is 2.53 bits per heavy atom. The molecule has 0 aliphatic heterocycles. The summed E-state index contributed by atoms with van der Waals surface area (Å²) in [5.41, 5.74) is 5.92. The van der Waals surface area contributed by atoms with E-state index in [1.54, 1.807) is 0 Å². The third-order valence-electron chi connectivity index (χ3n) is 4.25. The molecule has 0 aromatic carbocycles. The van der Waals surface area contributed by atoms with Gasteiger partial charge in [-0.25, -0.2) is 0 Å². The van der Waals surface area contributed by atoms with Gasteiger partial charge in [0, 0.05) is 17.9 Å². The molecule has 2 fully saturated rings. The Balaban J connectivity index is 1.69. The maximum Gasteiger partial charge on any atom is 0.229 e. The van der Waals surface area contributed by atoms with Crippen LogP contribution in [0.2, 0.25) is 0 Å². The second kappa shape index (κ2) is 4.77. The Kier molecular flexibility index (Phi) is 3.14. The van der Waals surface area contributed by atoms with Crippen LogP contribution in [0.1, 0.15) is 74.9 Å². The summed E-state index contributed by atoms with van der Waals surface area (Å²) in [6.07, 6.45) is 9.63. The number of hydrogen-bond acceptors (Lipinski definition) is 4. The van der Waals surface area contributed by atoms with E-state index >= 15 is 0 Å². The molecule has 2 N–H and O–H groups in total. The molecule has 0 radical (unpaired) electrons. The minimum absolute atomic E-state index is 0.324. The Bertz CT molecular complexity index is 351. The Morgan fingerprint density at radius 2 is 1.82 bits per heavy atom. The summed E-state index contributed by atoms with van der Waals surface area (Å²) in [5.74, 6) is 2.73. The van der Waals surface area contributed by atoms with E-state index in [0.717, 1.165) is 31.0 Å².